The van der Waals surface area contributed by atoms with Crippen LogP contribution in [0.4, 0.5) is 13.2 Å². The van der Waals surface area contributed by atoms with Gasteiger partial charge in [0.25, 0.3) is 0 Å². The van der Waals surface area contributed by atoms with E-state index in [2.05, 4.69) is 9.17 Å². The third kappa shape index (κ3) is 3.05. The lowest BCUT2D eigenvalue weighted by Gasteiger charge is -2.10. The molecule has 0 aliphatic rings. The fourth-order valence-corrected chi connectivity index (χ4v) is 1.89. The van der Waals surface area contributed by atoms with Crippen molar-refractivity contribution >= 4 is 27.0 Å². The maximum atomic E-state index is 12.2. The third-order valence-electron chi connectivity index (χ3n) is 2.38. The number of hydrogen-bond acceptors (Lipinski definition) is 6. The van der Waals surface area contributed by atoms with E-state index in [9.17, 15) is 31.5 Å². The summed E-state index contributed by atoms with van der Waals surface area (Å²) < 4.78 is 62.1. The van der Waals surface area contributed by atoms with Crippen molar-refractivity contribution in [2.24, 2.45) is 0 Å². The van der Waals surface area contributed by atoms with Gasteiger partial charge in [-0.1, -0.05) is 0 Å². The zero-order valence-corrected chi connectivity index (χ0v) is 10.7. The Bertz CT molecular complexity index is 816. The van der Waals surface area contributed by atoms with Crippen LogP contribution in [0.15, 0.2) is 30.5 Å². The van der Waals surface area contributed by atoms with Crippen LogP contribution in [0.25, 0.3) is 10.9 Å². The van der Waals surface area contributed by atoms with Crippen molar-refractivity contribution in [1.82, 2.24) is 4.98 Å². The number of rotatable bonds is 3. The Morgan fingerprint density at radius 1 is 1.24 bits per heavy atom. The number of pyridine rings is 1. The first-order valence-electron chi connectivity index (χ1n) is 5.22. The van der Waals surface area contributed by atoms with Crippen LogP contribution in [0.1, 0.15) is 10.4 Å². The highest BCUT2D eigenvalue weighted by molar-refractivity contribution is 7.88. The Morgan fingerprint density at radius 2 is 1.90 bits per heavy atom. The first kappa shape index (κ1) is 15.0. The van der Waals surface area contributed by atoms with E-state index in [-0.39, 0.29) is 16.5 Å². The molecule has 0 spiro atoms. The molecule has 21 heavy (non-hydrogen) atoms. The molecule has 0 unspecified atom stereocenters. The molecule has 1 aromatic heterocycles. The van der Waals surface area contributed by atoms with Crippen LogP contribution < -0.4 is 9.29 Å². The maximum absolute atomic E-state index is 12.2. The van der Waals surface area contributed by atoms with Crippen LogP contribution in [-0.4, -0.2) is 24.9 Å². The molecule has 0 atom stereocenters. The van der Waals surface area contributed by atoms with E-state index in [0.29, 0.717) is 0 Å². The SMILES string of the molecule is O=C([O-])c1cnc2cc(OS(=O)(=O)C(F)(F)F)ccc2c1. The molecule has 1 aromatic carbocycles. The van der Waals surface area contributed by atoms with Gasteiger partial charge in [-0.15, -0.1) is 0 Å². The number of aromatic nitrogens is 1. The quantitative estimate of drug-likeness (QED) is 0.614. The van der Waals surface area contributed by atoms with E-state index in [1.165, 1.54) is 12.1 Å². The van der Waals surface area contributed by atoms with Crippen LogP contribution in [-0.2, 0) is 10.1 Å². The van der Waals surface area contributed by atoms with Gasteiger partial charge in [-0.05, 0) is 18.2 Å². The van der Waals surface area contributed by atoms with Gasteiger partial charge in [-0.3, -0.25) is 4.98 Å². The van der Waals surface area contributed by atoms with Gasteiger partial charge in [-0.2, -0.15) is 21.6 Å². The van der Waals surface area contributed by atoms with Gasteiger partial charge < -0.3 is 14.1 Å². The summed E-state index contributed by atoms with van der Waals surface area (Å²) in [6.07, 6.45) is 0.930. The molecule has 10 heteroatoms. The molecule has 2 aromatic rings. The van der Waals surface area contributed by atoms with E-state index in [4.69, 9.17) is 0 Å². The van der Waals surface area contributed by atoms with Crippen molar-refractivity contribution in [1.29, 1.82) is 0 Å². The number of carbonyl (C=O) groups excluding carboxylic acids is 1. The topological polar surface area (TPSA) is 96.4 Å². The van der Waals surface area contributed by atoms with Gasteiger partial charge in [0.1, 0.15) is 5.75 Å². The summed E-state index contributed by atoms with van der Waals surface area (Å²) in [6.45, 7) is 0. The monoisotopic (exact) mass is 320 g/mol. The Hall–Kier alpha value is -2.36. The molecular weight excluding hydrogens is 315 g/mol. The van der Waals surface area contributed by atoms with Gasteiger partial charge in [0.2, 0.25) is 0 Å². The van der Waals surface area contributed by atoms with E-state index in [1.54, 1.807) is 0 Å². The number of carboxylic acid groups (broad SMARTS) is 1. The van der Waals surface area contributed by atoms with Crippen LogP contribution in [0.2, 0.25) is 0 Å². The number of hydrogen-bond donors (Lipinski definition) is 0. The first-order valence-corrected chi connectivity index (χ1v) is 6.63. The van der Waals surface area contributed by atoms with Crippen molar-refractivity contribution in [2.45, 2.75) is 5.51 Å². The smallest absolute Gasteiger partial charge is 0.534 e. The zero-order chi connectivity index (χ0) is 15.8. The van der Waals surface area contributed by atoms with E-state index < -0.39 is 27.3 Å². The molecule has 1 heterocycles. The number of carbonyl (C=O) groups is 1. The van der Waals surface area contributed by atoms with Gasteiger partial charge in [0.05, 0.1) is 11.5 Å². The lowest BCUT2D eigenvalue weighted by molar-refractivity contribution is -0.255. The summed E-state index contributed by atoms with van der Waals surface area (Å²) in [5.74, 6) is -2.06. The van der Waals surface area contributed by atoms with Gasteiger partial charge in [0, 0.05) is 23.2 Å². The summed E-state index contributed by atoms with van der Waals surface area (Å²) in [6, 6.07) is 4.25. The second-order valence-electron chi connectivity index (χ2n) is 3.85. The van der Waals surface area contributed by atoms with E-state index in [0.717, 1.165) is 18.3 Å². The number of benzene rings is 1. The molecule has 0 saturated heterocycles. The molecule has 0 aliphatic carbocycles. The third-order valence-corrected chi connectivity index (χ3v) is 3.36. The normalized spacial score (nSPS) is 12.3. The minimum Gasteiger partial charge on any atom is -0.545 e. The van der Waals surface area contributed by atoms with Crippen molar-refractivity contribution in [3.8, 4) is 5.75 Å². The molecule has 112 valence electrons. The number of fused-ring (bicyclic) bond motifs is 1. The summed E-state index contributed by atoms with van der Waals surface area (Å²) in [4.78, 5) is 14.3. The fraction of sp³-hybridized carbons (Fsp3) is 0.0909. The number of alkyl halides is 3. The second kappa shape index (κ2) is 4.88. The fourth-order valence-electron chi connectivity index (χ4n) is 1.44. The Morgan fingerprint density at radius 3 is 2.48 bits per heavy atom. The van der Waals surface area contributed by atoms with Crippen molar-refractivity contribution in [3.05, 3.63) is 36.0 Å². The summed E-state index contributed by atoms with van der Waals surface area (Å²) in [5, 5.41) is 10.9. The molecule has 0 N–H and O–H groups in total. The van der Waals surface area contributed by atoms with Crippen LogP contribution in [0.5, 0.6) is 5.75 Å². The molecule has 0 radical (unpaired) electrons. The minimum absolute atomic E-state index is 0.0647. The molecular formula is C11H5F3NO5S-. The Labute approximate surface area is 115 Å². The predicted octanol–water partition coefficient (Wildman–Crippen LogP) is 0.827. The molecule has 0 aliphatic heterocycles. The minimum atomic E-state index is -5.77. The number of halogens is 3. The number of aromatic carboxylic acids is 1. The largest absolute Gasteiger partial charge is 0.545 e. The van der Waals surface area contributed by atoms with E-state index >= 15 is 0 Å². The van der Waals surface area contributed by atoms with E-state index in [1.807, 2.05) is 0 Å². The lowest BCUT2D eigenvalue weighted by atomic mass is 10.1. The van der Waals surface area contributed by atoms with Gasteiger partial charge in [-0.25, -0.2) is 0 Å². The van der Waals surface area contributed by atoms with Crippen molar-refractivity contribution < 1.29 is 35.7 Å². The summed E-state index contributed by atoms with van der Waals surface area (Å²) in [7, 11) is -5.77. The Balaban J connectivity index is 2.41. The first-order chi connectivity index (χ1) is 9.60. The standard InChI is InChI=1S/C11H6F3NO5S/c12-11(13,14)21(18,19)20-8-2-1-6-3-7(10(16)17)5-15-9(6)4-8/h1-5H,(H,16,17)/p-1. The Kier molecular flexibility index (Phi) is 3.49. The maximum Gasteiger partial charge on any atom is 0.534 e. The highest BCUT2D eigenvalue weighted by atomic mass is 32.2. The molecule has 0 fully saturated rings. The predicted molar refractivity (Wildman–Crippen MR) is 61.7 cm³/mol. The second-order valence-corrected chi connectivity index (χ2v) is 5.39. The number of nitrogens with zero attached hydrogens (tertiary/aromatic N) is 1. The average Bonchev–Trinajstić information content (AvgIpc) is 2.36. The molecule has 2 rings (SSSR count). The summed E-state index contributed by atoms with van der Waals surface area (Å²) >= 11 is 0. The molecule has 0 amide bonds. The van der Waals surface area contributed by atoms with Gasteiger partial charge >= 0.3 is 15.6 Å². The molecule has 6 nitrogen and oxygen atoms in total. The lowest BCUT2D eigenvalue weighted by Crippen LogP contribution is -2.28. The van der Waals surface area contributed by atoms with Crippen LogP contribution in [0.3, 0.4) is 0 Å². The summed E-state index contributed by atoms with van der Waals surface area (Å²) in [5.41, 5.74) is -5.71. The molecule has 0 saturated carbocycles. The van der Waals surface area contributed by atoms with Crippen LogP contribution >= 0.6 is 0 Å². The number of carboxylic acids is 1. The highest BCUT2D eigenvalue weighted by Gasteiger charge is 2.48. The van der Waals surface area contributed by atoms with Crippen molar-refractivity contribution in [3.63, 3.8) is 0 Å². The zero-order valence-electron chi connectivity index (χ0n) is 9.92. The molecule has 0 bridgehead atoms. The average molecular weight is 320 g/mol. The highest BCUT2D eigenvalue weighted by Crippen LogP contribution is 2.28. The van der Waals surface area contributed by atoms with Gasteiger partial charge in [0.15, 0.2) is 0 Å². The van der Waals surface area contributed by atoms with Crippen molar-refractivity contribution in [2.75, 3.05) is 0 Å². The van der Waals surface area contributed by atoms with Crippen LogP contribution in [0, 0.1) is 0 Å².